The van der Waals surface area contributed by atoms with E-state index in [0.29, 0.717) is 11.5 Å². The van der Waals surface area contributed by atoms with Gasteiger partial charge in [-0.05, 0) is 37.1 Å². The number of hydrogen-bond acceptors (Lipinski definition) is 5. The van der Waals surface area contributed by atoms with E-state index in [-0.39, 0.29) is 18.6 Å². The fraction of sp³-hybridized carbons (Fsp3) is 0.400. The number of amides is 1. The van der Waals surface area contributed by atoms with Crippen molar-refractivity contribution in [1.82, 2.24) is 15.2 Å². The first-order valence-corrected chi connectivity index (χ1v) is 9.09. The highest BCUT2D eigenvalue weighted by Gasteiger charge is 2.29. The standard InChI is InChI=1S/C20H23N3O3/c24-20(19-14-25-17-6-1-2-7-18(17)26-19)22-15-8-11-23(12-9-15)13-16-5-3-4-10-21-16/h1-7,10,15,19H,8-9,11-14H2,(H,22,24). The zero-order valence-corrected chi connectivity index (χ0v) is 14.6. The van der Waals surface area contributed by atoms with Crippen LogP contribution in [-0.2, 0) is 11.3 Å². The van der Waals surface area contributed by atoms with Crippen LogP contribution in [-0.4, -0.2) is 47.6 Å². The Morgan fingerprint density at radius 3 is 2.65 bits per heavy atom. The van der Waals surface area contributed by atoms with Crippen LogP contribution in [0.3, 0.4) is 0 Å². The predicted molar refractivity (Wildman–Crippen MR) is 97.0 cm³/mol. The molecular formula is C20H23N3O3. The maximum absolute atomic E-state index is 12.5. The number of carbonyl (C=O) groups excluding carboxylic acids is 1. The lowest BCUT2D eigenvalue weighted by molar-refractivity contribution is -0.131. The van der Waals surface area contributed by atoms with Crippen molar-refractivity contribution >= 4 is 5.91 Å². The molecule has 2 aromatic rings. The highest BCUT2D eigenvalue weighted by Crippen LogP contribution is 2.31. The lowest BCUT2D eigenvalue weighted by atomic mass is 10.0. The average molecular weight is 353 g/mol. The molecule has 1 amide bonds. The van der Waals surface area contributed by atoms with Gasteiger partial charge in [0.25, 0.3) is 5.91 Å². The number of nitrogens with one attached hydrogen (secondary N) is 1. The molecule has 3 heterocycles. The Hall–Kier alpha value is -2.60. The molecule has 6 nitrogen and oxygen atoms in total. The predicted octanol–water partition coefficient (Wildman–Crippen LogP) is 2.00. The summed E-state index contributed by atoms with van der Waals surface area (Å²) >= 11 is 0. The van der Waals surface area contributed by atoms with Gasteiger partial charge < -0.3 is 14.8 Å². The van der Waals surface area contributed by atoms with E-state index in [1.807, 2.05) is 48.7 Å². The van der Waals surface area contributed by atoms with Crippen molar-refractivity contribution in [1.29, 1.82) is 0 Å². The van der Waals surface area contributed by atoms with Crippen LogP contribution >= 0.6 is 0 Å². The number of ether oxygens (including phenoxy) is 2. The van der Waals surface area contributed by atoms with Gasteiger partial charge in [-0.25, -0.2) is 0 Å². The van der Waals surface area contributed by atoms with Gasteiger partial charge in [-0.2, -0.15) is 0 Å². The molecule has 2 aliphatic rings. The van der Waals surface area contributed by atoms with E-state index in [0.717, 1.165) is 38.2 Å². The van der Waals surface area contributed by atoms with E-state index in [2.05, 4.69) is 15.2 Å². The molecule has 1 N–H and O–H groups in total. The Bertz CT molecular complexity index is 745. The number of piperidine rings is 1. The van der Waals surface area contributed by atoms with Crippen molar-refractivity contribution in [3.8, 4) is 11.5 Å². The minimum atomic E-state index is -0.587. The number of para-hydroxylation sites is 2. The molecule has 1 unspecified atom stereocenters. The first-order chi connectivity index (χ1) is 12.8. The van der Waals surface area contributed by atoms with Crippen molar-refractivity contribution < 1.29 is 14.3 Å². The first kappa shape index (κ1) is 16.8. The molecule has 6 heteroatoms. The van der Waals surface area contributed by atoms with Gasteiger partial charge in [0, 0.05) is 31.9 Å². The van der Waals surface area contributed by atoms with Gasteiger partial charge in [0.05, 0.1) is 5.69 Å². The molecule has 136 valence electrons. The number of rotatable bonds is 4. The molecule has 1 fully saturated rings. The number of carbonyl (C=O) groups is 1. The molecule has 1 aromatic carbocycles. The van der Waals surface area contributed by atoms with Gasteiger partial charge in [0.2, 0.25) is 6.10 Å². The normalized spacial score (nSPS) is 20.5. The van der Waals surface area contributed by atoms with Crippen molar-refractivity contribution in [2.75, 3.05) is 19.7 Å². The van der Waals surface area contributed by atoms with Crippen LogP contribution in [0.5, 0.6) is 11.5 Å². The number of likely N-dealkylation sites (tertiary alicyclic amines) is 1. The van der Waals surface area contributed by atoms with Gasteiger partial charge in [-0.1, -0.05) is 18.2 Å². The summed E-state index contributed by atoms with van der Waals surface area (Å²) < 4.78 is 11.4. The fourth-order valence-corrected chi connectivity index (χ4v) is 3.40. The maximum Gasteiger partial charge on any atom is 0.264 e. The zero-order chi connectivity index (χ0) is 17.8. The second-order valence-corrected chi connectivity index (χ2v) is 6.74. The van der Waals surface area contributed by atoms with Crippen LogP contribution in [0.25, 0.3) is 0 Å². The van der Waals surface area contributed by atoms with Crippen molar-refractivity contribution in [2.45, 2.75) is 31.5 Å². The Balaban J connectivity index is 1.25. The Morgan fingerprint density at radius 1 is 1.12 bits per heavy atom. The summed E-state index contributed by atoms with van der Waals surface area (Å²) in [6, 6.07) is 13.6. The minimum absolute atomic E-state index is 0.0947. The Kier molecular flexibility index (Phi) is 5.02. The van der Waals surface area contributed by atoms with E-state index in [9.17, 15) is 4.79 Å². The zero-order valence-electron chi connectivity index (χ0n) is 14.6. The number of pyridine rings is 1. The molecule has 2 aliphatic heterocycles. The molecule has 26 heavy (non-hydrogen) atoms. The lowest BCUT2D eigenvalue weighted by Gasteiger charge is -2.33. The summed E-state index contributed by atoms with van der Waals surface area (Å²) in [6.07, 6.45) is 3.11. The monoisotopic (exact) mass is 353 g/mol. The number of hydrogen-bond donors (Lipinski definition) is 1. The quantitative estimate of drug-likeness (QED) is 0.911. The SMILES string of the molecule is O=C(NC1CCN(Cc2ccccn2)CC1)C1COc2ccccc2O1. The van der Waals surface area contributed by atoms with Gasteiger partial charge in [0.1, 0.15) is 6.61 Å². The van der Waals surface area contributed by atoms with E-state index in [4.69, 9.17) is 9.47 Å². The topological polar surface area (TPSA) is 63.7 Å². The molecular weight excluding hydrogens is 330 g/mol. The fourth-order valence-electron chi connectivity index (χ4n) is 3.40. The summed E-state index contributed by atoms with van der Waals surface area (Å²) in [5.41, 5.74) is 1.08. The number of benzene rings is 1. The summed E-state index contributed by atoms with van der Waals surface area (Å²) in [4.78, 5) is 19.3. The molecule has 0 saturated carbocycles. The smallest absolute Gasteiger partial charge is 0.264 e. The molecule has 1 atom stereocenters. The number of fused-ring (bicyclic) bond motifs is 1. The molecule has 1 saturated heterocycles. The second-order valence-electron chi connectivity index (χ2n) is 6.74. The van der Waals surface area contributed by atoms with Crippen LogP contribution in [0.2, 0.25) is 0 Å². The third-order valence-electron chi connectivity index (χ3n) is 4.85. The third kappa shape index (κ3) is 3.96. The Morgan fingerprint density at radius 2 is 1.88 bits per heavy atom. The minimum Gasteiger partial charge on any atom is -0.485 e. The van der Waals surface area contributed by atoms with Crippen LogP contribution in [0.15, 0.2) is 48.7 Å². The molecule has 0 radical (unpaired) electrons. The summed E-state index contributed by atoms with van der Waals surface area (Å²) in [5, 5.41) is 3.12. The van der Waals surface area contributed by atoms with Gasteiger partial charge >= 0.3 is 0 Å². The summed E-state index contributed by atoms with van der Waals surface area (Å²) in [7, 11) is 0. The van der Waals surface area contributed by atoms with E-state index in [1.165, 1.54) is 0 Å². The summed E-state index contributed by atoms with van der Waals surface area (Å²) in [5.74, 6) is 1.23. The molecule has 0 bridgehead atoms. The van der Waals surface area contributed by atoms with Gasteiger partial charge in [-0.3, -0.25) is 14.7 Å². The summed E-state index contributed by atoms with van der Waals surface area (Å²) in [6.45, 7) is 3.01. The van der Waals surface area contributed by atoms with Crippen LogP contribution < -0.4 is 14.8 Å². The van der Waals surface area contributed by atoms with E-state index in [1.54, 1.807) is 0 Å². The number of aromatic nitrogens is 1. The molecule has 4 rings (SSSR count). The lowest BCUT2D eigenvalue weighted by Crippen LogP contribution is -2.50. The van der Waals surface area contributed by atoms with Crippen LogP contribution in [0, 0.1) is 0 Å². The average Bonchev–Trinajstić information content (AvgIpc) is 2.70. The van der Waals surface area contributed by atoms with Crippen molar-refractivity contribution in [3.63, 3.8) is 0 Å². The van der Waals surface area contributed by atoms with Gasteiger partial charge in [0.15, 0.2) is 11.5 Å². The van der Waals surface area contributed by atoms with E-state index < -0.39 is 6.10 Å². The third-order valence-corrected chi connectivity index (χ3v) is 4.85. The molecule has 0 aliphatic carbocycles. The largest absolute Gasteiger partial charge is 0.485 e. The van der Waals surface area contributed by atoms with Gasteiger partial charge in [-0.15, -0.1) is 0 Å². The Labute approximate surface area is 153 Å². The first-order valence-electron chi connectivity index (χ1n) is 9.09. The number of nitrogens with zero attached hydrogens (tertiary/aromatic N) is 2. The molecule has 1 aromatic heterocycles. The molecule has 0 spiro atoms. The van der Waals surface area contributed by atoms with Crippen LogP contribution in [0.4, 0.5) is 0 Å². The highest BCUT2D eigenvalue weighted by molar-refractivity contribution is 5.82. The highest BCUT2D eigenvalue weighted by atomic mass is 16.6. The maximum atomic E-state index is 12.5. The van der Waals surface area contributed by atoms with Crippen molar-refractivity contribution in [2.24, 2.45) is 0 Å². The van der Waals surface area contributed by atoms with E-state index >= 15 is 0 Å². The van der Waals surface area contributed by atoms with Crippen molar-refractivity contribution in [3.05, 3.63) is 54.4 Å². The second kappa shape index (κ2) is 7.74. The van der Waals surface area contributed by atoms with Crippen LogP contribution in [0.1, 0.15) is 18.5 Å².